The van der Waals surface area contributed by atoms with E-state index in [1.54, 1.807) is 7.11 Å². The van der Waals surface area contributed by atoms with Crippen molar-refractivity contribution in [3.8, 4) is 5.75 Å². The van der Waals surface area contributed by atoms with Crippen LogP contribution in [0.25, 0.3) is 10.9 Å². The van der Waals surface area contributed by atoms with Crippen LogP contribution < -0.4 is 10.5 Å². The number of halogens is 1. The van der Waals surface area contributed by atoms with E-state index in [4.69, 9.17) is 15.6 Å². The SMILES string of the molecule is COc1cc(C)cc2c(CC(N)C(=O)O)c(Br)n(C)c12. The standard InChI is InChI=1S/C14H17BrN2O3/c1-7-4-8-9(6-10(16)14(18)19)13(15)17(2)12(8)11(5-7)20-3/h4-5,10H,6,16H2,1-3H3,(H,18,19). The van der Waals surface area contributed by atoms with Crippen molar-refractivity contribution in [2.24, 2.45) is 12.8 Å². The van der Waals surface area contributed by atoms with Crippen molar-refractivity contribution >= 4 is 32.8 Å². The molecule has 3 N–H and O–H groups in total. The summed E-state index contributed by atoms with van der Waals surface area (Å²) < 4.78 is 8.19. The summed E-state index contributed by atoms with van der Waals surface area (Å²) in [5.74, 6) is -0.244. The van der Waals surface area contributed by atoms with Gasteiger partial charge in [0.1, 0.15) is 11.8 Å². The van der Waals surface area contributed by atoms with E-state index in [0.717, 1.165) is 32.4 Å². The molecule has 0 aliphatic heterocycles. The summed E-state index contributed by atoms with van der Waals surface area (Å²) in [5, 5.41) is 9.96. The van der Waals surface area contributed by atoms with Crippen LogP contribution in [-0.4, -0.2) is 28.8 Å². The van der Waals surface area contributed by atoms with E-state index < -0.39 is 12.0 Å². The molecule has 1 aromatic carbocycles. The van der Waals surface area contributed by atoms with Gasteiger partial charge in [-0.3, -0.25) is 4.79 Å². The second-order valence-corrected chi connectivity index (χ2v) is 5.59. The quantitative estimate of drug-likeness (QED) is 0.894. The van der Waals surface area contributed by atoms with Crippen LogP contribution in [0, 0.1) is 6.92 Å². The third-order valence-corrected chi connectivity index (χ3v) is 4.40. The highest BCUT2D eigenvalue weighted by Crippen LogP contribution is 2.36. The second-order valence-electron chi connectivity index (χ2n) is 4.84. The molecule has 6 heteroatoms. The summed E-state index contributed by atoms with van der Waals surface area (Å²) in [5.41, 5.74) is 8.54. The van der Waals surface area contributed by atoms with Crippen LogP contribution >= 0.6 is 15.9 Å². The van der Waals surface area contributed by atoms with Gasteiger partial charge >= 0.3 is 5.97 Å². The molecule has 5 nitrogen and oxygen atoms in total. The summed E-state index contributed by atoms with van der Waals surface area (Å²) in [6.07, 6.45) is 0.264. The van der Waals surface area contributed by atoms with Crippen molar-refractivity contribution in [3.05, 3.63) is 27.9 Å². The fraction of sp³-hybridized carbons (Fsp3) is 0.357. The zero-order chi connectivity index (χ0) is 15.0. The Morgan fingerprint density at radius 3 is 2.75 bits per heavy atom. The molecule has 1 unspecified atom stereocenters. The smallest absolute Gasteiger partial charge is 0.320 e. The van der Waals surface area contributed by atoms with Crippen LogP contribution in [0.2, 0.25) is 0 Å². The lowest BCUT2D eigenvalue weighted by Gasteiger charge is -2.07. The van der Waals surface area contributed by atoms with Crippen molar-refractivity contribution in [1.29, 1.82) is 0 Å². The van der Waals surface area contributed by atoms with Gasteiger partial charge in [0.05, 0.1) is 17.2 Å². The Kier molecular flexibility index (Phi) is 4.06. The molecule has 0 radical (unpaired) electrons. The Hall–Kier alpha value is -1.53. The molecular weight excluding hydrogens is 324 g/mol. The second kappa shape index (κ2) is 5.46. The first kappa shape index (κ1) is 14.9. The van der Waals surface area contributed by atoms with Crippen molar-refractivity contribution in [3.63, 3.8) is 0 Å². The van der Waals surface area contributed by atoms with E-state index in [1.165, 1.54) is 0 Å². The number of fused-ring (bicyclic) bond motifs is 1. The summed E-state index contributed by atoms with van der Waals surface area (Å²) >= 11 is 3.52. The fourth-order valence-electron chi connectivity index (χ4n) is 2.39. The van der Waals surface area contributed by atoms with Crippen molar-refractivity contribution < 1.29 is 14.6 Å². The molecule has 20 heavy (non-hydrogen) atoms. The number of nitrogens with two attached hydrogens (primary N) is 1. The first-order valence-electron chi connectivity index (χ1n) is 6.16. The molecular formula is C14H17BrN2O3. The number of carboxylic acids is 1. The molecule has 0 aliphatic rings. The summed E-state index contributed by atoms with van der Waals surface area (Å²) in [7, 11) is 3.53. The molecule has 0 saturated carbocycles. The van der Waals surface area contributed by atoms with E-state index in [-0.39, 0.29) is 6.42 Å². The van der Waals surface area contributed by atoms with E-state index in [1.807, 2.05) is 30.7 Å². The van der Waals surface area contributed by atoms with Gasteiger partial charge < -0.3 is 20.1 Å². The largest absolute Gasteiger partial charge is 0.495 e. The van der Waals surface area contributed by atoms with Gasteiger partial charge in [0.2, 0.25) is 0 Å². The molecule has 0 aliphatic carbocycles. The number of methoxy groups -OCH3 is 1. The maximum absolute atomic E-state index is 11.0. The van der Waals surface area contributed by atoms with Crippen LogP contribution in [0.15, 0.2) is 16.7 Å². The Morgan fingerprint density at radius 2 is 2.20 bits per heavy atom. The van der Waals surface area contributed by atoms with Gasteiger partial charge in [-0.05, 0) is 46.1 Å². The van der Waals surface area contributed by atoms with Crippen LogP contribution in [-0.2, 0) is 18.3 Å². The van der Waals surface area contributed by atoms with Crippen LogP contribution in [0.4, 0.5) is 0 Å². The molecule has 1 atom stereocenters. The van der Waals surface area contributed by atoms with E-state index in [9.17, 15) is 4.79 Å². The number of hydrogen-bond donors (Lipinski definition) is 2. The first-order chi connectivity index (χ1) is 9.36. The van der Waals surface area contributed by atoms with Gasteiger partial charge in [-0.25, -0.2) is 0 Å². The van der Waals surface area contributed by atoms with E-state index >= 15 is 0 Å². The molecule has 1 aromatic heterocycles. The molecule has 2 aromatic rings. The molecule has 2 rings (SSSR count). The normalized spacial score (nSPS) is 12.7. The molecule has 0 spiro atoms. The number of aryl methyl sites for hydroxylation is 2. The van der Waals surface area contributed by atoms with Gasteiger partial charge in [0.25, 0.3) is 0 Å². The Morgan fingerprint density at radius 1 is 1.55 bits per heavy atom. The van der Waals surface area contributed by atoms with Gasteiger partial charge in [-0.1, -0.05) is 0 Å². The average Bonchev–Trinajstić information content (AvgIpc) is 2.62. The van der Waals surface area contributed by atoms with Gasteiger partial charge in [0, 0.05) is 18.9 Å². The highest BCUT2D eigenvalue weighted by Gasteiger charge is 2.21. The minimum Gasteiger partial charge on any atom is -0.495 e. The highest BCUT2D eigenvalue weighted by atomic mass is 79.9. The van der Waals surface area contributed by atoms with E-state index in [2.05, 4.69) is 15.9 Å². The monoisotopic (exact) mass is 340 g/mol. The number of aromatic nitrogens is 1. The number of carbonyl (C=O) groups is 1. The van der Waals surface area contributed by atoms with Crippen LogP contribution in [0.3, 0.4) is 0 Å². The summed E-state index contributed by atoms with van der Waals surface area (Å²) in [6.45, 7) is 1.98. The molecule has 0 amide bonds. The maximum atomic E-state index is 11.0. The number of carboxylic acid groups (broad SMARTS) is 1. The number of aliphatic carboxylic acids is 1. The summed E-state index contributed by atoms with van der Waals surface area (Å²) in [4.78, 5) is 11.0. The Labute approximate surface area is 125 Å². The Balaban J connectivity index is 2.69. The van der Waals surface area contributed by atoms with Crippen molar-refractivity contribution in [1.82, 2.24) is 4.57 Å². The fourth-order valence-corrected chi connectivity index (χ4v) is 2.94. The molecule has 108 valence electrons. The number of hydrogen-bond acceptors (Lipinski definition) is 3. The molecule has 0 bridgehead atoms. The number of nitrogens with zero attached hydrogens (tertiary/aromatic N) is 1. The predicted octanol–water partition coefficient (Wildman–Crippen LogP) is 2.21. The predicted molar refractivity (Wildman–Crippen MR) is 81.2 cm³/mol. The zero-order valence-electron chi connectivity index (χ0n) is 11.6. The molecule has 0 fully saturated rings. The van der Waals surface area contributed by atoms with Gasteiger partial charge in [-0.15, -0.1) is 0 Å². The average molecular weight is 341 g/mol. The minimum absolute atomic E-state index is 0.264. The third kappa shape index (κ3) is 2.41. The topological polar surface area (TPSA) is 77.5 Å². The minimum atomic E-state index is -1.01. The van der Waals surface area contributed by atoms with Crippen LogP contribution in [0.5, 0.6) is 5.75 Å². The number of benzene rings is 1. The maximum Gasteiger partial charge on any atom is 0.320 e. The first-order valence-corrected chi connectivity index (χ1v) is 6.96. The van der Waals surface area contributed by atoms with Crippen molar-refractivity contribution in [2.45, 2.75) is 19.4 Å². The highest BCUT2D eigenvalue weighted by molar-refractivity contribution is 9.10. The lowest BCUT2D eigenvalue weighted by Crippen LogP contribution is -2.32. The van der Waals surface area contributed by atoms with Crippen molar-refractivity contribution in [2.75, 3.05) is 7.11 Å². The van der Waals surface area contributed by atoms with Gasteiger partial charge in [-0.2, -0.15) is 0 Å². The zero-order valence-corrected chi connectivity index (χ0v) is 13.2. The third-order valence-electron chi connectivity index (χ3n) is 3.38. The Bertz CT molecular complexity index is 679. The van der Waals surface area contributed by atoms with Gasteiger partial charge in [0.15, 0.2) is 0 Å². The molecule has 1 heterocycles. The lowest BCUT2D eigenvalue weighted by atomic mass is 10.0. The van der Waals surface area contributed by atoms with E-state index in [0.29, 0.717) is 0 Å². The number of ether oxygens (including phenoxy) is 1. The molecule has 0 saturated heterocycles. The lowest BCUT2D eigenvalue weighted by molar-refractivity contribution is -0.138. The number of rotatable bonds is 4. The van der Waals surface area contributed by atoms with Crippen LogP contribution in [0.1, 0.15) is 11.1 Å². The summed E-state index contributed by atoms with van der Waals surface area (Å²) in [6, 6.07) is 3.05.